The molecule has 3 nitrogen and oxygen atoms in total. The van der Waals surface area contributed by atoms with E-state index in [2.05, 4.69) is 4.98 Å². The molecule has 1 saturated heterocycles. The van der Waals surface area contributed by atoms with Gasteiger partial charge in [-0.25, -0.2) is 0 Å². The Morgan fingerprint density at radius 3 is 3.23 bits per heavy atom. The fourth-order valence-corrected chi connectivity index (χ4v) is 1.35. The molecule has 0 spiro atoms. The molecule has 1 aliphatic rings. The van der Waals surface area contributed by atoms with Gasteiger partial charge in [-0.15, -0.1) is 0 Å². The molecule has 1 atom stereocenters. The molecular weight excluding hydrogens is 164 g/mol. The summed E-state index contributed by atoms with van der Waals surface area (Å²) in [6.45, 7) is 0. The third-order valence-corrected chi connectivity index (χ3v) is 2.11. The number of amides is 1. The van der Waals surface area contributed by atoms with E-state index in [0.717, 1.165) is 4.90 Å². The Balaban J connectivity index is 2.45. The fourth-order valence-electron chi connectivity index (χ4n) is 1.35. The lowest BCUT2D eigenvalue weighted by atomic mass is 10.1. The van der Waals surface area contributed by atoms with E-state index in [4.69, 9.17) is 4.11 Å². The topological polar surface area (TPSA) is 33.2 Å². The van der Waals surface area contributed by atoms with Gasteiger partial charge in [0, 0.05) is 28.6 Å². The molecule has 0 bridgehead atoms. The van der Waals surface area contributed by atoms with Crippen LogP contribution in [0.15, 0.2) is 24.5 Å². The second-order valence-corrected chi connectivity index (χ2v) is 2.91. The summed E-state index contributed by atoms with van der Waals surface area (Å²) in [5, 5.41) is 0. The maximum absolute atomic E-state index is 11.6. The van der Waals surface area contributed by atoms with Crippen molar-refractivity contribution in [1.82, 2.24) is 9.88 Å². The summed E-state index contributed by atoms with van der Waals surface area (Å²) in [6.07, 6.45) is 0.948. The molecule has 0 aliphatic carbocycles. The molecule has 0 radical (unpaired) electrons. The largest absolute Gasteiger partial charge is 0.339 e. The van der Waals surface area contributed by atoms with Crippen molar-refractivity contribution in [2.45, 2.75) is 18.8 Å². The molecule has 0 aromatic carbocycles. The highest BCUT2D eigenvalue weighted by molar-refractivity contribution is 5.78. The minimum Gasteiger partial charge on any atom is -0.339 e. The molecule has 13 heavy (non-hydrogen) atoms. The summed E-state index contributed by atoms with van der Waals surface area (Å²) < 4.78 is 23.4. The van der Waals surface area contributed by atoms with E-state index in [-0.39, 0.29) is 6.42 Å². The molecule has 0 saturated carbocycles. The number of carbonyl (C=O) groups is 1. The minimum absolute atomic E-state index is 0.166. The summed E-state index contributed by atoms with van der Waals surface area (Å²) in [4.78, 5) is 16.7. The summed E-state index contributed by atoms with van der Waals surface area (Å²) in [5.74, 6) is -0.647. The van der Waals surface area contributed by atoms with Gasteiger partial charge in [0.1, 0.15) is 0 Å². The molecule has 1 amide bonds. The second-order valence-electron chi connectivity index (χ2n) is 2.91. The highest BCUT2D eigenvalue weighted by Gasteiger charge is 2.28. The molecule has 68 valence electrons. The van der Waals surface area contributed by atoms with Crippen molar-refractivity contribution >= 4 is 5.91 Å². The van der Waals surface area contributed by atoms with Crippen molar-refractivity contribution < 1.29 is 8.91 Å². The van der Waals surface area contributed by atoms with Crippen LogP contribution in [0.5, 0.6) is 0 Å². The fraction of sp³-hybridized carbons (Fsp3) is 0.400. The van der Waals surface area contributed by atoms with E-state index in [1.54, 1.807) is 18.3 Å². The highest BCUT2D eigenvalue weighted by atomic mass is 16.2. The van der Waals surface area contributed by atoms with E-state index in [1.165, 1.54) is 13.2 Å². The summed E-state index contributed by atoms with van der Waals surface area (Å²) in [7, 11) is 1.45. The molecule has 2 rings (SSSR count). The zero-order chi connectivity index (χ0) is 12.0. The predicted octanol–water partition coefficient (Wildman–Crippen LogP) is 1.37. The third-order valence-electron chi connectivity index (χ3n) is 2.11. The highest BCUT2D eigenvalue weighted by Crippen LogP contribution is 2.30. The van der Waals surface area contributed by atoms with E-state index in [0.29, 0.717) is 5.56 Å². The second kappa shape index (κ2) is 3.17. The predicted molar refractivity (Wildman–Crippen MR) is 49.0 cm³/mol. The first-order chi connectivity index (χ1) is 7.38. The zero-order valence-electron chi connectivity index (χ0n) is 10.3. The van der Waals surface area contributed by atoms with Gasteiger partial charge in [-0.1, -0.05) is 6.07 Å². The van der Waals surface area contributed by atoms with Gasteiger partial charge in [0.15, 0.2) is 0 Å². The molecule has 1 fully saturated rings. The molecule has 3 heteroatoms. The van der Waals surface area contributed by atoms with Crippen LogP contribution in [-0.2, 0) is 4.79 Å². The summed E-state index contributed by atoms with van der Waals surface area (Å²) in [5.41, 5.74) is 0.534. The van der Waals surface area contributed by atoms with Crippen molar-refractivity contribution in [3.8, 4) is 0 Å². The zero-order valence-corrected chi connectivity index (χ0v) is 7.32. The normalized spacial score (nSPS) is 35.3. The quantitative estimate of drug-likeness (QED) is 0.652. The van der Waals surface area contributed by atoms with Crippen LogP contribution < -0.4 is 0 Å². The van der Waals surface area contributed by atoms with Crippen molar-refractivity contribution in [2.24, 2.45) is 0 Å². The molecule has 1 aromatic heterocycles. The summed E-state index contributed by atoms with van der Waals surface area (Å²) in [6, 6.07) is 2.01. The maximum Gasteiger partial charge on any atom is 0.222 e. The number of carbonyl (C=O) groups excluding carboxylic acids is 1. The van der Waals surface area contributed by atoms with Crippen LogP contribution in [0, 0.1) is 0 Å². The molecular formula is C10H12N2O. The molecule has 1 aromatic rings. The first-order valence-corrected chi connectivity index (χ1v) is 4.07. The Labute approximate surface area is 81.6 Å². The molecule has 0 unspecified atom stereocenters. The van der Waals surface area contributed by atoms with E-state index >= 15 is 0 Å². The Bertz CT molecular complexity index is 423. The van der Waals surface area contributed by atoms with Gasteiger partial charge in [0.05, 0.1) is 7.39 Å². The Morgan fingerprint density at radius 1 is 1.85 bits per heavy atom. The molecule has 1 aliphatic heterocycles. The van der Waals surface area contributed by atoms with Crippen LogP contribution >= 0.6 is 0 Å². The van der Waals surface area contributed by atoms with Gasteiger partial charge in [-0.05, 0) is 18.1 Å². The van der Waals surface area contributed by atoms with Crippen LogP contribution in [0.2, 0.25) is 0 Å². The third kappa shape index (κ3) is 1.41. The lowest BCUT2D eigenvalue weighted by Gasteiger charge is -2.19. The number of pyridine rings is 1. The maximum atomic E-state index is 11.6. The Hall–Kier alpha value is -1.38. The number of hydrogen-bond donors (Lipinski definition) is 0. The van der Waals surface area contributed by atoms with E-state index < -0.39 is 18.3 Å². The number of nitrogens with zero attached hydrogens (tertiary/aromatic N) is 2. The lowest BCUT2D eigenvalue weighted by molar-refractivity contribution is -0.127. The van der Waals surface area contributed by atoms with Crippen LogP contribution in [0.1, 0.15) is 28.5 Å². The lowest BCUT2D eigenvalue weighted by Crippen LogP contribution is -2.22. The standard InChI is InChI=1S/C10H12N2O/c1-12-9(4-5-10(12)13)8-3-2-6-11-7-8/h2-3,6-7,9H,4-5H2,1H3/t9-/m0/s1/i5D2,9D. The number of rotatable bonds is 1. The van der Waals surface area contributed by atoms with Crippen LogP contribution in [0.4, 0.5) is 0 Å². The number of hydrogen-bond acceptors (Lipinski definition) is 2. The van der Waals surface area contributed by atoms with Gasteiger partial charge < -0.3 is 4.90 Å². The number of likely N-dealkylation sites (tertiary alicyclic amines) is 1. The molecule has 0 N–H and O–H groups in total. The monoisotopic (exact) mass is 179 g/mol. The van der Waals surface area contributed by atoms with Crippen molar-refractivity contribution in [2.75, 3.05) is 7.05 Å². The van der Waals surface area contributed by atoms with Gasteiger partial charge in [-0.2, -0.15) is 0 Å². The van der Waals surface area contributed by atoms with E-state index in [9.17, 15) is 4.79 Å². The van der Waals surface area contributed by atoms with E-state index in [1.807, 2.05) is 0 Å². The van der Waals surface area contributed by atoms with Crippen molar-refractivity contribution in [3.05, 3.63) is 30.1 Å². The smallest absolute Gasteiger partial charge is 0.222 e. The Morgan fingerprint density at radius 2 is 2.69 bits per heavy atom. The van der Waals surface area contributed by atoms with Crippen LogP contribution in [0.25, 0.3) is 0 Å². The average Bonchev–Trinajstić information content (AvgIpc) is 2.42. The minimum atomic E-state index is -1.97. The van der Waals surface area contributed by atoms with Crippen LogP contribution in [-0.4, -0.2) is 22.8 Å². The molecule has 2 heterocycles. The first-order valence-electron chi connectivity index (χ1n) is 5.57. The van der Waals surface area contributed by atoms with Gasteiger partial charge >= 0.3 is 0 Å². The first kappa shape index (κ1) is 5.37. The summed E-state index contributed by atoms with van der Waals surface area (Å²) >= 11 is 0. The Kier molecular flexibility index (Phi) is 1.31. The van der Waals surface area contributed by atoms with Gasteiger partial charge in [0.2, 0.25) is 5.91 Å². The van der Waals surface area contributed by atoms with Gasteiger partial charge in [-0.3, -0.25) is 9.78 Å². The van der Waals surface area contributed by atoms with Gasteiger partial charge in [0.25, 0.3) is 0 Å². The van der Waals surface area contributed by atoms with Crippen LogP contribution in [0.3, 0.4) is 0 Å². The van der Waals surface area contributed by atoms with Crippen molar-refractivity contribution in [1.29, 1.82) is 0 Å². The van der Waals surface area contributed by atoms with Crippen molar-refractivity contribution in [3.63, 3.8) is 0 Å². The average molecular weight is 179 g/mol. The SMILES string of the molecule is [2H]C1([2H])C[C@@]([2H])(c2cccnc2)N(C)C1=O. The number of aromatic nitrogens is 1.